The number of piperazine rings is 1. The summed E-state index contributed by atoms with van der Waals surface area (Å²) in [5, 5.41) is 11.4. The summed E-state index contributed by atoms with van der Waals surface area (Å²) in [6.45, 7) is 4.14. The van der Waals surface area contributed by atoms with Crippen LogP contribution in [0.2, 0.25) is 0 Å². The van der Waals surface area contributed by atoms with Crippen LogP contribution in [0.5, 0.6) is 0 Å². The van der Waals surface area contributed by atoms with E-state index in [-0.39, 0.29) is 11.9 Å². The van der Waals surface area contributed by atoms with E-state index >= 15 is 0 Å². The maximum Gasteiger partial charge on any atom is 0.254 e. The third-order valence-corrected chi connectivity index (χ3v) is 5.83. The van der Waals surface area contributed by atoms with Gasteiger partial charge in [0, 0.05) is 60.0 Å². The second-order valence-electron chi connectivity index (χ2n) is 7.81. The molecule has 2 aromatic carbocycles. The van der Waals surface area contributed by atoms with E-state index in [1.807, 2.05) is 35.2 Å². The molecule has 1 amide bonds. The number of benzene rings is 2. The van der Waals surface area contributed by atoms with Gasteiger partial charge in [0.1, 0.15) is 5.69 Å². The Balaban J connectivity index is 1.44. The number of fused-ring (bicyclic) bond motifs is 1. The van der Waals surface area contributed by atoms with Crippen LogP contribution in [0.1, 0.15) is 17.3 Å². The smallest absolute Gasteiger partial charge is 0.254 e. The van der Waals surface area contributed by atoms with E-state index in [9.17, 15) is 4.79 Å². The lowest BCUT2D eigenvalue weighted by Crippen LogP contribution is -2.54. The molecule has 5 rings (SSSR count). The van der Waals surface area contributed by atoms with E-state index < -0.39 is 0 Å². The van der Waals surface area contributed by atoms with Crippen LogP contribution in [0.3, 0.4) is 0 Å². The van der Waals surface area contributed by atoms with Crippen LogP contribution in [0.4, 0.5) is 5.82 Å². The van der Waals surface area contributed by atoms with Crippen LogP contribution in [0.25, 0.3) is 22.0 Å². The molecular formula is C25H23N5O. The average Bonchev–Trinajstić information content (AvgIpc) is 2.84. The highest BCUT2D eigenvalue weighted by atomic mass is 16.2. The maximum absolute atomic E-state index is 12.9. The van der Waals surface area contributed by atoms with Gasteiger partial charge in [0.25, 0.3) is 5.91 Å². The van der Waals surface area contributed by atoms with Gasteiger partial charge >= 0.3 is 0 Å². The van der Waals surface area contributed by atoms with Gasteiger partial charge in [-0.05, 0) is 19.1 Å². The first-order chi connectivity index (χ1) is 15.2. The van der Waals surface area contributed by atoms with E-state index in [4.69, 9.17) is 0 Å². The number of hydrogen-bond donors (Lipinski definition) is 0. The minimum Gasteiger partial charge on any atom is -0.351 e. The Hall–Kier alpha value is -3.80. The summed E-state index contributed by atoms with van der Waals surface area (Å²) in [5.41, 5.74) is 2.62. The highest BCUT2D eigenvalue weighted by Gasteiger charge is 2.29. The van der Waals surface area contributed by atoms with Crippen LogP contribution in [-0.4, -0.2) is 51.7 Å². The van der Waals surface area contributed by atoms with Gasteiger partial charge < -0.3 is 9.80 Å². The van der Waals surface area contributed by atoms with Crippen molar-refractivity contribution in [3.05, 3.63) is 84.7 Å². The number of amides is 1. The van der Waals surface area contributed by atoms with Crippen molar-refractivity contribution in [1.82, 2.24) is 20.1 Å². The molecule has 0 radical (unpaired) electrons. The fourth-order valence-corrected chi connectivity index (χ4v) is 4.24. The van der Waals surface area contributed by atoms with Gasteiger partial charge in [0.05, 0.1) is 0 Å². The van der Waals surface area contributed by atoms with E-state index in [2.05, 4.69) is 51.3 Å². The molecule has 0 N–H and O–H groups in total. The summed E-state index contributed by atoms with van der Waals surface area (Å²) in [6, 6.07) is 22.0. The van der Waals surface area contributed by atoms with Gasteiger partial charge in [-0.25, -0.2) is 0 Å². The summed E-state index contributed by atoms with van der Waals surface area (Å²) in [5.74, 6) is 0.919. The van der Waals surface area contributed by atoms with Gasteiger partial charge in [-0.1, -0.05) is 54.6 Å². The molecule has 0 bridgehead atoms. The van der Waals surface area contributed by atoms with Crippen molar-refractivity contribution in [2.75, 3.05) is 24.5 Å². The van der Waals surface area contributed by atoms with Crippen LogP contribution in [0.15, 0.2) is 79.1 Å². The Morgan fingerprint density at radius 3 is 2.32 bits per heavy atom. The quantitative estimate of drug-likeness (QED) is 0.511. The third kappa shape index (κ3) is 3.61. The topological polar surface area (TPSA) is 62.2 Å². The van der Waals surface area contributed by atoms with E-state index in [1.165, 1.54) is 0 Å². The van der Waals surface area contributed by atoms with Crippen molar-refractivity contribution in [3.8, 4) is 11.3 Å². The number of carbonyl (C=O) groups is 1. The van der Waals surface area contributed by atoms with Gasteiger partial charge in [-0.15, -0.1) is 10.2 Å². The van der Waals surface area contributed by atoms with E-state index in [1.54, 1.807) is 24.5 Å². The first-order valence-electron chi connectivity index (χ1n) is 10.5. The summed E-state index contributed by atoms with van der Waals surface area (Å²) < 4.78 is 0. The van der Waals surface area contributed by atoms with Gasteiger partial charge in [0.15, 0.2) is 5.82 Å². The molecule has 6 heteroatoms. The molecule has 0 aliphatic carbocycles. The average molecular weight is 409 g/mol. The number of hydrogen-bond acceptors (Lipinski definition) is 5. The molecule has 1 saturated heterocycles. The summed E-state index contributed by atoms with van der Waals surface area (Å²) in [7, 11) is 0. The molecule has 0 saturated carbocycles. The fraction of sp³-hybridized carbons (Fsp3) is 0.200. The first-order valence-corrected chi connectivity index (χ1v) is 10.5. The van der Waals surface area contributed by atoms with Crippen molar-refractivity contribution in [2.45, 2.75) is 13.0 Å². The molecule has 1 fully saturated rings. The number of aromatic nitrogens is 3. The fourth-order valence-electron chi connectivity index (χ4n) is 4.24. The zero-order valence-electron chi connectivity index (χ0n) is 17.3. The molecule has 6 nitrogen and oxygen atoms in total. The van der Waals surface area contributed by atoms with E-state index in [0.717, 1.165) is 27.8 Å². The normalized spacial score (nSPS) is 16.5. The molecule has 3 heterocycles. The molecule has 2 aromatic heterocycles. The number of pyridine rings is 1. The summed E-state index contributed by atoms with van der Waals surface area (Å²) in [6.07, 6.45) is 3.31. The number of nitrogens with zero attached hydrogens (tertiary/aromatic N) is 5. The third-order valence-electron chi connectivity index (χ3n) is 5.83. The lowest BCUT2D eigenvalue weighted by Gasteiger charge is -2.40. The van der Waals surface area contributed by atoms with Crippen LogP contribution in [0, 0.1) is 0 Å². The van der Waals surface area contributed by atoms with Crippen molar-refractivity contribution in [3.63, 3.8) is 0 Å². The molecule has 4 aromatic rings. The minimum atomic E-state index is 0.0462. The summed E-state index contributed by atoms with van der Waals surface area (Å²) in [4.78, 5) is 21.1. The molecule has 1 atom stereocenters. The standard InChI is InChI=1S/C25H23N5O/c1-18-17-29(15-16-30(18)25(31)20-11-13-26-14-12-20)24-22-10-6-5-9-21(22)23(27-28-24)19-7-3-2-4-8-19/h2-14,18H,15-17H2,1H3. The Labute approximate surface area is 181 Å². The Morgan fingerprint density at radius 1 is 0.871 bits per heavy atom. The number of anilines is 1. The monoisotopic (exact) mass is 409 g/mol. The van der Waals surface area contributed by atoms with Crippen molar-refractivity contribution in [1.29, 1.82) is 0 Å². The first kappa shape index (κ1) is 19.2. The Kier molecular flexibility index (Phi) is 5.04. The second kappa shape index (κ2) is 8.14. The molecular weight excluding hydrogens is 386 g/mol. The lowest BCUT2D eigenvalue weighted by molar-refractivity contribution is 0.0673. The van der Waals surface area contributed by atoms with Crippen molar-refractivity contribution in [2.24, 2.45) is 0 Å². The predicted octanol–water partition coefficient (Wildman–Crippen LogP) is 4.04. The van der Waals surface area contributed by atoms with Crippen LogP contribution >= 0.6 is 0 Å². The molecule has 154 valence electrons. The van der Waals surface area contributed by atoms with E-state index in [0.29, 0.717) is 25.2 Å². The molecule has 31 heavy (non-hydrogen) atoms. The second-order valence-corrected chi connectivity index (χ2v) is 7.81. The SMILES string of the molecule is CC1CN(c2nnc(-c3ccccc3)c3ccccc23)CCN1C(=O)c1ccncc1. The van der Waals surface area contributed by atoms with Gasteiger partial charge in [-0.3, -0.25) is 9.78 Å². The predicted molar refractivity (Wildman–Crippen MR) is 122 cm³/mol. The molecule has 1 unspecified atom stereocenters. The van der Waals surface area contributed by atoms with Gasteiger partial charge in [0.2, 0.25) is 0 Å². The van der Waals surface area contributed by atoms with Crippen LogP contribution < -0.4 is 4.90 Å². The lowest BCUT2D eigenvalue weighted by atomic mass is 10.0. The molecule has 1 aliphatic heterocycles. The Morgan fingerprint density at radius 2 is 1.58 bits per heavy atom. The summed E-state index contributed by atoms with van der Waals surface area (Å²) >= 11 is 0. The van der Waals surface area contributed by atoms with Crippen molar-refractivity contribution < 1.29 is 4.79 Å². The van der Waals surface area contributed by atoms with Crippen molar-refractivity contribution >= 4 is 22.5 Å². The largest absolute Gasteiger partial charge is 0.351 e. The number of rotatable bonds is 3. The highest BCUT2D eigenvalue weighted by Crippen LogP contribution is 2.32. The zero-order chi connectivity index (χ0) is 21.2. The molecule has 0 spiro atoms. The minimum absolute atomic E-state index is 0.0462. The molecule has 1 aliphatic rings. The zero-order valence-corrected chi connectivity index (χ0v) is 17.3. The number of carbonyl (C=O) groups excluding carboxylic acids is 1. The van der Waals surface area contributed by atoms with Crippen LogP contribution in [-0.2, 0) is 0 Å². The maximum atomic E-state index is 12.9. The Bertz CT molecular complexity index is 1210. The highest BCUT2D eigenvalue weighted by molar-refractivity contribution is 6.00. The van der Waals surface area contributed by atoms with Gasteiger partial charge in [-0.2, -0.15) is 0 Å².